The average Bonchev–Trinajstić information content (AvgIpc) is 2.87. The predicted molar refractivity (Wildman–Crippen MR) is 73.5 cm³/mol. The molecule has 1 saturated carbocycles. The Morgan fingerprint density at radius 3 is 2.95 bits per heavy atom. The number of aromatic nitrogens is 3. The number of sulfone groups is 1. The maximum absolute atomic E-state index is 11.6. The molecule has 0 amide bonds. The summed E-state index contributed by atoms with van der Waals surface area (Å²) in [5, 5.41) is 11.0. The lowest BCUT2D eigenvalue weighted by Gasteiger charge is -2.28. The summed E-state index contributed by atoms with van der Waals surface area (Å²) in [7, 11) is -2.89. The highest BCUT2D eigenvalue weighted by Crippen LogP contribution is 2.23. The number of aryl methyl sites for hydroxylation is 1. The van der Waals surface area contributed by atoms with Gasteiger partial charge in [-0.2, -0.15) is 0 Å². The van der Waals surface area contributed by atoms with Gasteiger partial charge < -0.3 is 5.32 Å². The van der Waals surface area contributed by atoms with Gasteiger partial charge in [0.1, 0.15) is 9.84 Å². The summed E-state index contributed by atoms with van der Waals surface area (Å²) in [5.74, 6) is 0. The Bertz CT molecular complexity index is 472. The van der Waals surface area contributed by atoms with Crippen LogP contribution in [-0.2, 0) is 16.4 Å². The van der Waals surface area contributed by atoms with Crippen molar-refractivity contribution in [2.45, 2.75) is 49.9 Å². The van der Waals surface area contributed by atoms with E-state index in [9.17, 15) is 8.42 Å². The maximum Gasteiger partial charge on any atom is 0.150 e. The Morgan fingerprint density at radius 2 is 2.26 bits per heavy atom. The highest BCUT2D eigenvalue weighted by molar-refractivity contribution is 7.91. The van der Waals surface area contributed by atoms with Gasteiger partial charge in [-0.05, 0) is 32.2 Å². The summed E-state index contributed by atoms with van der Waals surface area (Å²) in [6, 6.07) is 0.337. The van der Waals surface area contributed by atoms with E-state index in [1.165, 1.54) is 6.26 Å². The lowest BCUT2D eigenvalue weighted by molar-refractivity contribution is 0.365. The molecule has 0 spiro atoms. The molecule has 7 heteroatoms. The van der Waals surface area contributed by atoms with Crippen molar-refractivity contribution in [1.29, 1.82) is 0 Å². The third-order valence-electron chi connectivity index (χ3n) is 3.70. The quantitative estimate of drug-likeness (QED) is 0.776. The number of hydrogen-bond acceptors (Lipinski definition) is 5. The van der Waals surface area contributed by atoms with E-state index in [0.717, 1.165) is 45.2 Å². The second-order valence-corrected chi connectivity index (χ2v) is 7.61. The van der Waals surface area contributed by atoms with Gasteiger partial charge in [0.15, 0.2) is 0 Å². The van der Waals surface area contributed by atoms with Crippen molar-refractivity contribution in [2.24, 2.45) is 0 Å². The number of nitrogens with one attached hydrogen (secondary N) is 1. The molecule has 0 aliphatic heterocycles. The fourth-order valence-electron chi connectivity index (χ4n) is 2.62. The van der Waals surface area contributed by atoms with Gasteiger partial charge >= 0.3 is 0 Å². The zero-order chi connectivity index (χ0) is 13.7. The molecule has 0 saturated heterocycles. The summed E-state index contributed by atoms with van der Waals surface area (Å²) in [4.78, 5) is 0. The first-order valence-corrected chi connectivity index (χ1v) is 8.77. The van der Waals surface area contributed by atoms with Crippen molar-refractivity contribution in [3.05, 3.63) is 12.4 Å². The molecule has 1 aliphatic rings. The second-order valence-electron chi connectivity index (χ2n) is 5.29. The Hall–Kier alpha value is -0.950. The summed E-state index contributed by atoms with van der Waals surface area (Å²) < 4.78 is 24.9. The topological polar surface area (TPSA) is 76.9 Å². The molecule has 19 heavy (non-hydrogen) atoms. The summed E-state index contributed by atoms with van der Waals surface area (Å²) in [6.45, 7) is 1.73. The van der Waals surface area contributed by atoms with Gasteiger partial charge in [0.25, 0.3) is 0 Å². The van der Waals surface area contributed by atoms with Crippen molar-refractivity contribution in [2.75, 3.05) is 12.8 Å². The van der Waals surface area contributed by atoms with E-state index in [0.29, 0.717) is 6.04 Å². The van der Waals surface area contributed by atoms with Gasteiger partial charge in [0.05, 0.1) is 11.4 Å². The van der Waals surface area contributed by atoms with Gasteiger partial charge in [0.2, 0.25) is 0 Å². The van der Waals surface area contributed by atoms with E-state index in [-0.39, 0.29) is 5.25 Å². The van der Waals surface area contributed by atoms with Gasteiger partial charge in [-0.15, -0.1) is 5.10 Å². The lowest BCUT2D eigenvalue weighted by atomic mass is 9.95. The molecular formula is C12H22N4O2S. The van der Waals surface area contributed by atoms with Crippen molar-refractivity contribution in [3.8, 4) is 0 Å². The van der Waals surface area contributed by atoms with E-state index in [1.54, 1.807) is 6.20 Å². The molecule has 0 bridgehead atoms. The molecule has 1 fully saturated rings. The molecule has 1 N–H and O–H groups in total. The maximum atomic E-state index is 11.6. The van der Waals surface area contributed by atoms with Crippen LogP contribution in [0.25, 0.3) is 0 Å². The first-order chi connectivity index (χ1) is 9.05. The van der Waals surface area contributed by atoms with Crippen LogP contribution in [0, 0.1) is 0 Å². The zero-order valence-corrected chi connectivity index (χ0v) is 12.1. The molecule has 0 aromatic carbocycles. The van der Waals surface area contributed by atoms with Crippen LogP contribution < -0.4 is 5.32 Å². The van der Waals surface area contributed by atoms with Crippen LogP contribution in [-0.4, -0.2) is 47.5 Å². The molecule has 2 rings (SSSR count). The van der Waals surface area contributed by atoms with Gasteiger partial charge in [0, 0.05) is 25.0 Å². The molecule has 1 heterocycles. The number of nitrogens with zero attached hydrogens (tertiary/aromatic N) is 3. The molecule has 1 aliphatic carbocycles. The van der Waals surface area contributed by atoms with Crippen LogP contribution in [0.2, 0.25) is 0 Å². The highest BCUT2D eigenvalue weighted by Gasteiger charge is 2.28. The van der Waals surface area contributed by atoms with Crippen LogP contribution in [0.15, 0.2) is 12.4 Å². The van der Waals surface area contributed by atoms with Crippen molar-refractivity contribution in [3.63, 3.8) is 0 Å². The fourth-order valence-corrected chi connectivity index (χ4v) is 3.80. The predicted octanol–water partition coefficient (Wildman–Crippen LogP) is 0.614. The minimum Gasteiger partial charge on any atom is -0.314 e. The minimum atomic E-state index is -2.89. The van der Waals surface area contributed by atoms with Crippen LogP contribution >= 0.6 is 0 Å². The van der Waals surface area contributed by atoms with Gasteiger partial charge in [-0.3, -0.25) is 4.68 Å². The molecule has 1 aromatic heterocycles. The van der Waals surface area contributed by atoms with E-state index in [2.05, 4.69) is 15.6 Å². The number of rotatable bonds is 6. The highest BCUT2D eigenvalue weighted by atomic mass is 32.2. The normalized spacial score (nSPS) is 24.5. The lowest BCUT2D eigenvalue weighted by Crippen LogP contribution is -2.39. The Kier molecular flexibility index (Phi) is 4.93. The Morgan fingerprint density at radius 1 is 1.42 bits per heavy atom. The van der Waals surface area contributed by atoms with E-state index < -0.39 is 9.84 Å². The molecule has 108 valence electrons. The smallest absolute Gasteiger partial charge is 0.150 e. The largest absolute Gasteiger partial charge is 0.314 e. The summed E-state index contributed by atoms with van der Waals surface area (Å²) in [5.41, 5.74) is 0. The van der Waals surface area contributed by atoms with Crippen LogP contribution in [0.1, 0.15) is 32.1 Å². The molecule has 1 aromatic rings. The van der Waals surface area contributed by atoms with Crippen molar-refractivity contribution < 1.29 is 8.42 Å². The van der Waals surface area contributed by atoms with E-state index in [4.69, 9.17) is 0 Å². The Labute approximate surface area is 114 Å². The molecule has 2 atom stereocenters. The monoisotopic (exact) mass is 286 g/mol. The first kappa shape index (κ1) is 14.5. The average molecular weight is 286 g/mol. The third kappa shape index (κ3) is 4.58. The third-order valence-corrected chi connectivity index (χ3v) is 5.34. The van der Waals surface area contributed by atoms with Gasteiger partial charge in [-0.1, -0.05) is 11.6 Å². The Balaban J connectivity index is 1.68. The molecule has 6 nitrogen and oxygen atoms in total. The van der Waals surface area contributed by atoms with E-state index >= 15 is 0 Å². The van der Waals surface area contributed by atoms with Crippen LogP contribution in [0.4, 0.5) is 0 Å². The second kappa shape index (κ2) is 6.47. The molecule has 2 unspecified atom stereocenters. The standard InChI is InChI=1S/C12H22N4O2S/c1-19(17,18)12-5-2-4-11(10-12)13-6-3-8-16-9-7-14-15-16/h7,9,11-13H,2-6,8,10H2,1H3. The van der Waals surface area contributed by atoms with Crippen molar-refractivity contribution >= 4 is 9.84 Å². The first-order valence-electron chi connectivity index (χ1n) is 6.82. The minimum absolute atomic E-state index is 0.158. The molecule has 0 radical (unpaired) electrons. The van der Waals surface area contributed by atoms with Gasteiger partial charge in [-0.25, -0.2) is 8.42 Å². The molecular weight excluding hydrogens is 264 g/mol. The number of hydrogen-bond donors (Lipinski definition) is 1. The van der Waals surface area contributed by atoms with E-state index in [1.807, 2.05) is 10.9 Å². The van der Waals surface area contributed by atoms with Crippen LogP contribution in [0.3, 0.4) is 0 Å². The fraction of sp³-hybridized carbons (Fsp3) is 0.833. The summed E-state index contributed by atoms with van der Waals surface area (Å²) in [6.07, 6.45) is 9.49. The zero-order valence-electron chi connectivity index (χ0n) is 11.3. The summed E-state index contributed by atoms with van der Waals surface area (Å²) >= 11 is 0. The SMILES string of the molecule is CS(=O)(=O)C1CCCC(NCCCn2ccnn2)C1. The van der Waals surface area contributed by atoms with Crippen molar-refractivity contribution in [1.82, 2.24) is 20.3 Å². The van der Waals surface area contributed by atoms with Crippen LogP contribution in [0.5, 0.6) is 0 Å².